The minimum Gasteiger partial charge on any atom is -0.342 e. The predicted octanol–water partition coefficient (Wildman–Crippen LogP) is 1.68. The van der Waals surface area contributed by atoms with E-state index in [-0.39, 0.29) is 23.8 Å². The second-order valence-corrected chi connectivity index (χ2v) is 8.62. The molecule has 25 heavy (non-hydrogen) atoms. The second-order valence-electron chi connectivity index (χ2n) is 8.62. The molecule has 1 rings (SSSR count). The first kappa shape index (κ1) is 21.6. The summed E-state index contributed by atoms with van der Waals surface area (Å²) in [5, 5.41) is 2.97. The highest BCUT2D eigenvalue weighted by molar-refractivity contribution is 5.91. The minimum atomic E-state index is -0.665. The standard InChI is InChI=1S/C19H35N3O3/c1-13(2)15(12-23)22(7)18(25)16(19(3,4)5)20-17(24)14-10-8-9-11-21(14)6/h12-16H,8-11H2,1-7H3,(H,20,24)/t14-,15?,16-/m1/s1. The maximum atomic E-state index is 13.0. The third-order valence-electron chi connectivity index (χ3n) is 5.09. The normalized spacial score (nSPS) is 21.5. The number of piperidine rings is 1. The molecule has 6 heteroatoms. The van der Waals surface area contributed by atoms with Gasteiger partial charge in [-0.05, 0) is 37.8 Å². The number of rotatable bonds is 6. The topological polar surface area (TPSA) is 69.7 Å². The van der Waals surface area contributed by atoms with E-state index >= 15 is 0 Å². The molecule has 6 nitrogen and oxygen atoms in total. The zero-order valence-corrected chi connectivity index (χ0v) is 16.8. The monoisotopic (exact) mass is 353 g/mol. The molecule has 0 aromatic heterocycles. The molecule has 3 atom stereocenters. The van der Waals surface area contributed by atoms with E-state index in [0.717, 1.165) is 32.1 Å². The molecule has 1 heterocycles. The maximum absolute atomic E-state index is 13.0. The number of aldehydes is 1. The Morgan fingerprint density at radius 3 is 2.28 bits per heavy atom. The molecule has 1 unspecified atom stereocenters. The summed E-state index contributed by atoms with van der Waals surface area (Å²) >= 11 is 0. The van der Waals surface area contributed by atoms with E-state index in [4.69, 9.17) is 0 Å². The Bertz CT molecular complexity index is 485. The van der Waals surface area contributed by atoms with Crippen LogP contribution in [0.2, 0.25) is 0 Å². The molecule has 0 aromatic carbocycles. The Kier molecular flexibility index (Phi) is 7.60. The average molecular weight is 354 g/mol. The highest BCUT2D eigenvalue weighted by Gasteiger charge is 2.39. The van der Waals surface area contributed by atoms with E-state index in [0.29, 0.717) is 0 Å². The van der Waals surface area contributed by atoms with Crippen molar-refractivity contribution < 1.29 is 14.4 Å². The molecule has 0 radical (unpaired) electrons. The van der Waals surface area contributed by atoms with E-state index in [1.54, 1.807) is 7.05 Å². The lowest BCUT2D eigenvalue weighted by Gasteiger charge is -2.38. The van der Waals surface area contributed by atoms with Gasteiger partial charge in [0, 0.05) is 7.05 Å². The fourth-order valence-corrected chi connectivity index (χ4v) is 3.34. The molecule has 0 aromatic rings. The van der Waals surface area contributed by atoms with Gasteiger partial charge < -0.3 is 15.0 Å². The summed E-state index contributed by atoms with van der Waals surface area (Å²) < 4.78 is 0. The number of nitrogens with zero attached hydrogens (tertiary/aromatic N) is 2. The third kappa shape index (κ3) is 5.53. The van der Waals surface area contributed by atoms with Gasteiger partial charge in [-0.3, -0.25) is 14.5 Å². The van der Waals surface area contributed by atoms with E-state index < -0.39 is 17.5 Å². The van der Waals surface area contributed by atoms with Gasteiger partial charge in [0.2, 0.25) is 11.8 Å². The van der Waals surface area contributed by atoms with Crippen LogP contribution in [0.1, 0.15) is 53.9 Å². The van der Waals surface area contributed by atoms with Crippen LogP contribution in [0.15, 0.2) is 0 Å². The number of amides is 2. The molecule has 1 aliphatic rings. The van der Waals surface area contributed by atoms with Crippen LogP contribution in [-0.4, -0.2) is 66.7 Å². The highest BCUT2D eigenvalue weighted by atomic mass is 16.2. The van der Waals surface area contributed by atoms with Crippen LogP contribution in [0.3, 0.4) is 0 Å². The van der Waals surface area contributed by atoms with Gasteiger partial charge in [0.1, 0.15) is 12.3 Å². The molecule has 1 aliphatic heterocycles. The van der Waals surface area contributed by atoms with Crippen molar-refractivity contribution in [1.29, 1.82) is 0 Å². The Balaban J connectivity index is 2.95. The molecule has 144 valence electrons. The van der Waals surface area contributed by atoms with Crippen LogP contribution in [0.5, 0.6) is 0 Å². The van der Waals surface area contributed by atoms with Gasteiger partial charge in [-0.25, -0.2) is 0 Å². The van der Waals surface area contributed by atoms with Crippen molar-refractivity contribution in [3.63, 3.8) is 0 Å². The Labute approximate surface area is 152 Å². The van der Waals surface area contributed by atoms with Crippen molar-refractivity contribution in [2.24, 2.45) is 11.3 Å². The largest absolute Gasteiger partial charge is 0.342 e. The summed E-state index contributed by atoms with van der Waals surface area (Å²) in [7, 11) is 3.59. The lowest BCUT2D eigenvalue weighted by Crippen LogP contribution is -2.60. The zero-order chi connectivity index (χ0) is 19.4. The summed E-state index contributed by atoms with van der Waals surface area (Å²) in [4.78, 5) is 40.7. The summed E-state index contributed by atoms with van der Waals surface area (Å²) in [6.07, 6.45) is 3.74. The van der Waals surface area contributed by atoms with Crippen LogP contribution in [0, 0.1) is 11.3 Å². The number of nitrogens with one attached hydrogen (secondary N) is 1. The van der Waals surface area contributed by atoms with Gasteiger partial charge in [-0.15, -0.1) is 0 Å². The first-order valence-corrected chi connectivity index (χ1v) is 9.23. The Morgan fingerprint density at radius 1 is 1.24 bits per heavy atom. The molecule has 1 N–H and O–H groups in total. The molecule has 1 saturated heterocycles. The lowest BCUT2D eigenvalue weighted by molar-refractivity contribution is -0.143. The first-order chi connectivity index (χ1) is 11.5. The van der Waals surface area contributed by atoms with Crippen LogP contribution in [0.25, 0.3) is 0 Å². The zero-order valence-electron chi connectivity index (χ0n) is 16.8. The molecule has 1 fully saturated rings. The van der Waals surface area contributed by atoms with Gasteiger partial charge in [-0.2, -0.15) is 0 Å². The molecule has 0 saturated carbocycles. The number of likely N-dealkylation sites (tertiary alicyclic amines) is 1. The Morgan fingerprint density at radius 2 is 1.84 bits per heavy atom. The van der Waals surface area contributed by atoms with E-state index in [9.17, 15) is 14.4 Å². The Hall–Kier alpha value is -1.43. The van der Waals surface area contributed by atoms with Gasteiger partial charge >= 0.3 is 0 Å². The summed E-state index contributed by atoms with van der Waals surface area (Å²) in [6.45, 7) is 10.5. The molecular weight excluding hydrogens is 318 g/mol. The van der Waals surface area contributed by atoms with Gasteiger partial charge in [0.25, 0.3) is 0 Å². The number of carbonyl (C=O) groups is 3. The van der Waals surface area contributed by atoms with E-state index in [1.165, 1.54) is 4.90 Å². The fraction of sp³-hybridized carbons (Fsp3) is 0.842. The van der Waals surface area contributed by atoms with Crippen LogP contribution in [-0.2, 0) is 14.4 Å². The highest BCUT2D eigenvalue weighted by Crippen LogP contribution is 2.24. The van der Waals surface area contributed by atoms with Crippen molar-refractivity contribution in [3.05, 3.63) is 0 Å². The predicted molar refractivity (Wildman–Crippen MR) is 99.1 cm³/mol. The third-order valence-corrected chi connectivity index (χ3v) is 5.09. The van der Waals surface area contributed by atoms with Gasteiger partial charge in [-0.1, -0.05) is 41.0 Å². The number of hydrogen-bond donors (Lipinski definition) is 1. The minimum absolute atomic E-state index is 0.0206. The molecule has 0 spiro atoms. The molecule has 2 amide bonds. The summed E-state index contributed by atoms with van der Waals surface area (Å²) in [5.41, 5.74) is -0.446. The van der Waals surface area contributed by atoms with Crippen LogP contribution in [0.4, 0.5) is 0 Å². The number of likely N-dealkylation sites (N-methyl/N-ethyl adjacent to an activating group) is 2. The fourth-order valence-electron chi connectivity index (χ4n) is 3.34. The van der Waals surface area contributed by atoms with Gasteiger partial charge in [0.15, 0.2) is 0 Å². The molecular formula is C19H35N3O3. The molecule has 0 bridgehead atoms. The van der Waals surface area contributed by atoms with Crippen molar-refractivity contribution in [1.82, 2.24) is 15.1 Å². The maximum Gasteiger partial charge on any atom is 0.246 e. The number of hydrogen-bond acceptors (Lipinski definition) is 4. The number of carbonyl (C=O) groups excluding carboxylic acids is 3. The SMILES string of the molecule is CC(C)C(C=O)N(C)C(=O)[C@@H](NC(=O)[C@H]1CCCCN1C)C(C)(C)C. The van der Waals surface area contributed by atoms with E-state index in [1.807, 2.05) is 41.7 Å². The van der Waals surface area contributed by atoms with Crippen LogP contribution < -0.4 is 5.32 Å². The molecule has 0 aliphatic carbocycles. The summed E-state index contributed by atoms with van der Waals surface area (Å²) in [5.74, 6) is -0.298. The van der Waals surface area contributed by atoms with E-state index in [2.05, 4.69) is 10.2 Å². The second kappa shape index (κ2) is 8.79. The smallest absolute Gasteiger partial charge is 0.246 e. The first-order valence-electron chi connectivity index (χ1n) is 9.23. The van der Waals surface area contributed by atoms with Crippen LogP contribution >= 0.6 is 0 Å². The van der Waals surface area contributed by atoms with Crippen molar-refractivity contribution in [3.8, 4) is 0 Å². The lowest BCUT2D eigenvalue weighted by atomic mass is 9.85. The van der Waals surface area contributed by atoms with Crippen molar-refractivity contribution in [2.45, 2.75) is 72.0 Å². The van der Waals surface area contributed by atoms with Crippen molar-refractivity contribution in [2.75, 3.05) is 20.6 Å². The quantitative estimate of drug-likeness (QED) is 0.738. The average Bonchev–Trinajstić information content (AvgIpc) is 2.51. The summed E-state index contributed by atoms with van der Waals surface area (Å²) in [6, 6.07) is -1.35. The van der Waals surface area contributed by atoms with Gasteiger partial charge in [0.05, 0.1) is 12.1 Å². The van der Waals surface area contributed by atoms with Crippen molar-refractivity contribution >= 4 is 18.1 Å².